The minimum absolute atomic E-state index is 0.385. The lowest BCUT2D eigenvalue weighted by molar-refractivity contribution is 0.257. The number of rotatable bonds is 10. The zero-order chi connectivity index (χ0) is 18.9. The van der Waals surface area contributed by atoms with Crippen LogP contribution in [-0.4, -0.2) is 52.7 Å². The molecule has 0 amide bonds. The molecule has 2 fully saturated rings. The van der Waals surface area contributed by atoms with Gasteiger partial charge in [0.15, 0.2) is 8.32 Å². The topological polar surface area (TPSA) is 40.2 Å². The van der Waals surface area contributed by atoms with Gasteiger partial charge in [-0.25, -0.2) is 0 Å². The molecule has 8 heteroatoms. The van der Waals surface area contributed by atoms with Gasteiger partial charge in [-0.05, 0) is 76.9 Å². The molecule has 25 heavy (non-hydrogen) atoms. The molecule has 0 spiro atoms. The van der Waals surface area contributed by atoms with E-state index in [2.05, 4.69) is 52.4 Å². The summed E-state index contributed by atoms with van der Waals surface area (Å²) in [6.45, 7) is 18.1. The van der Waals surface area contributed by atoms with E-state index < -0.39 is 25.4 Å². The second kappa shape index (κ2) is 8.38. The van der Waals surface area contributed by atoms with Crippen LogP contribution in [0.25, 0.3) is 0 Å². The van der Waals surface area contributed by atoms with E-state index in [9.17, 15) is 0 Å². The van der Waals surface area contributed by atoms with Crippen LogP contribution in [0.2, 0.25) is 58.4 Å². The highest BCUT2D eigenvalue weighted by atomic mass is 28.5. The van der Waals surface area contributed by atoms with Crippen molar-refractivity contribution in [3.05, 3.63) is 0 Å². The molecule has 1 saturated carbocycles. The van der Waals surface area contributed by atoms with Crippen LogP contribution in [0.5, 0.6) is 0 Å². The molecule has 0 aromatic rings. The van der Waals surface area contributed by atoms with Crippen molar-refractivity contribution in [3.8, 4) is 0 Å². The molecule has 1 heterocycles. The SMILES string of the molecule is C[Si](C)CO[Si](C)(C)O[Si](C)(CCC1CCC2OC2C1)O[Si](C)(C)C. The lowest BCUT2D eigenvalue weighted by Gasteiger charge is -2.40. The molecule has 4 unspecified atom stereocenters. The van der Waals surface area contributed by atoms with Crippen LogP contribution in [-0.2, 0) is 17.4 Å². The molecule has 0 aromatic heterocycles. The fourth-order valence-electron chi connectivity index (χ4n) is 3.85. The van der Waals surface area contributed by atoms with E-state index in [-0.39, 0.29) is 8.80 Å². The Labute approximate surface area is 160 Å². The van der Waals surface area contributed by atoms with Crippen LogP contribution in [0.4, 0.5) is 0 Å². The van der Waals surface area contributed by atoms with E-state index in [0.717, 1.165) is 18.2 Å². The predicted molar refractivity (Wildman–Crippen MR) is 113 cm³/mol. The zero-order valence-electron chi connectivity index (χ0n) is 17.6. The van der Waals surface area contributed by atoms with Gasteiger partial charge in [-0.2, -0.15) is 0 Å². The van der Waals surface area contributed by atoms with E-state index >= 15 is 0 Å². The number of epoxide rings is 1. The maximum atomic E-state index is 6.73. The van der Waals surface area contributed by atoms with Crippen molar-refractivity contribution < 1.29 is 17.4 Å². The number of hydrogen-bond acceptors (Lipinski definition) is 4. The molecule has 1 saturated heterocycles. The Morgan fingerprint density at radius 2 is 1.64 bits per heavy atom. The smallest absolute Gasteiger partial charge is 0.322 e. The molecule has 0 aromatic carbocycles. The maximum Gasteiger partial charge on any atom is 0.322 e. The Bertz CT molecular complexity index is 441. The molecule has 4 atom stereocenters. The highest BCUT2D eigenvalue weighted by Gasteiger charge is 2.46. The summed E-state index contributed by atoms with van der Waals surface area (Å²) in [4.78, 5) is 0. The minimum atomic E-state index is -2.22. The summed E-state index contributed by atoms with van der Waals surface area (Å²) >= 11 is 0. The molecule has 0 bridgehead atoms. The van der Waals surface area contributed by atoms with Gasteiger partial charge in [-0.1, -0.05) is 13.1 Å². The molecular weight excluding hydrogens is 381 g/mol. The second-order valence-electron chi connectivity index (χ2n) is 9.78. The van der Waals surface area contributed by atoms with E-state index in [0.29, 0.717) is 12.2 Å². The zero-order valence-corrected chi connectivity index (χ0v) is 21.6. The molecule has 1 aliphatic carbocycles. The summed E-state index contributed by atoms with van der Waals surface area (Å²) in [6, 6.07) is 1.09. The highest BCUT2D eigenvalue weighted by Crippen LogP contribution is 2.42. The van der Waals surface area contributed by atoms with Crippen LogP contribution < -0.4 is 0 Å². The first-order chi connectivity index (χ1) is 11.4. The summed E-state index contributed by atoms with van der Waals surface area (Å²) in [7, 11) is -6.38. The first-order valence-corrected chi connectivity index (χ1v) is 21.3. The predicted octanol–water partition coefficient (Wildman–Crippen LogP) is 4.90. The van der Waals surface area contributed by atoms with Gasteiger partial charge in [0.2, 0.25) is 0 Å². The Hall–Kier alpha value is 0.708. The fourth-order valence-corrected chi connectivity index (χ4v) is 18.3. The highest BCUT2D eigenvalue weighted by molar-refractivity contribution is 6.86. The van der Waals surface area contributed by atoms with Crippen molar-refractivity contribution in [1.29, 1.82) is 0 Å². The van der Waals surface area contributed by atoms with Gasteiger partial charge < -0.3 is 17.4 Å². The van der Waals surface area contributed by atoms with Gasteiger partial charge in [0.05, 0.1) is 21.0 Å². The van der Waals surface area contributed by atoms with Gasteiger partial charge >= 0.3 is 17.1 Å². The lowest BCUT2D eigenvalue weighted by Crippen LogP contribution is -2.55. The van der Waals surface area contributed by atoms with Gasteiger partial charge in [0, 0.05) is 6.23 Å². The lowest BCUT2D eigenvalue weighted by atomic mass is 9.88. The minimum Gasteiger partial charge on any atom is -0.437 e. The Kier molecular flexibility index (Phi) is 7.38. The van der Waals surface area contributed by atoms with Gasteiger partial charge in [0.1, 0.15) is 0 Å². The van der Waals surface area contributed by atoms with Crippen LogP contribution in [0.1, 0.15) is 25.7 Å². The Morgan fingerprint density at radius 3 is 2.20 bits per heavy atom. The summed E-state index contributed by atoms with van der Waals surface area (Å²) in [6.07, 6.45) is 7.07. The van der Waals surface area contributed by atoms with Gasteiger partial charge in [0.25, 0.3) is 0 Å². The van der Waals surface area contributed by atoms with Crippen LogP contribution in [0, 0.1) is 5.92 Å². The molecule has 2 rings (SSSR count). The summed E-state index contributed by atoms with van der Waals surface area (Å²) in [5.41, 5.74) is 0. The van der Waals surface area contributed by atoms with E-state index in [1.807, 2.05) is 0 Å². The number of fused-ring (bicyclic) bond motifs is 1. The average Bonchev–Trinajstić information content (AvgIpc) is 3.19. The van der Waals surface area contributed by atoms with E-state index in [1.54, 1.807) is 0 Å². The Morgan fingerprint density at radius 1 is 0.960 bits per heavy atom. The molecule has 147 valence electrons. The quantitative estimate of drug-likeness (QED) is 0.373. The number of ether oxygens (including phenoxy) is 1. The van der Waals surface area contributed by atoms with Crippen molar-refractivity contribution in [2.75, 3.05) is 6.23 Å². The fraction of sp³-hybridized carbons (Fsp3) is 1.00. The molecule has 4 nitrogen and oxygen atoms in total. The van der Waals surface area contributed by atoms with Crippen molar-refractivity contribution in [2.24, 2.45) is 5.92 Å². The molecule has 0 N–H and O–H groups in total. The van der Waals surface area contributed by atoms with E-state index in [1.165, 1.54) is 25.7 Å². The first kappa shape index (κ1) is 22.0. The molecular formula is C17H39O4Si4. The Balaban J connectivity index is 1.94. The largest absolute Gasteiger partial charge is 0.437 e. The third-order valence-electron chi connectivity index (χ3n) is 4.81. The van der Waals surface area contributed by atoms with Crippen LogP contribution in [0.3, 0.4) is 0 Å². The summed E-state index contributed by atoms with van der Waals surface area (Å²) < 4.78 is 25.3. The summed E-state index contributed by atoms with van der Waals surface area (Å²) in [5, 5.41) is 0. The van der Waals surface area contributed by atoms with Crippen molar-refractivity contribution >= 4 is 34.2 Å². The molecule has 1 aliphatic heterocycles. The van der Waals surface area contributed by atoms with Crippen LogP contribution in [0.15, 0.2) is 0 Å². The van der Waals surface area contributed by atoms with Crippen molar-refractivity contribution in [2.45, 2.75) is 96.3 Å². The average molecular weight is 420 g/mol. The third kappa shape index (κ3) is 8.08. The summed E-state index contributed by atoms with van der Waals surface area (Å²) in [5.74, 6) is 0.788. The van der Waals surface area contributed by atoms with Crippen LogP contribution >= 0.6 is 0 Å². The number of hydrogen-bond donors (Lipinski definition) is 0. The van der Waals surface area contributed by atoms with Gasteiger partial charge in [-0.15, -0.1) is 0 Å². The first-order valence-electron chi connectivity index (χ1n) is 9.86. The van der Waals surface area contributed by atoms with E-state index in [4.69, 9.17) is 17.4 Å². The van der Waals surface area contributed by atoms with Crippen molar-refractivity contribution in [1.82, 2.24) is 0 Å². The van der Waals surface area contributed by atoms with Crippen molar-refractivity contribution in [3.63, 3.8) is 0 Å². The monoisotopic (exact) mass is 419 g/mol. The molecule has 2 aliphatic rings. The van der Waals surface area contributed by atoms with Gasteiger partial charge in [-0.3, -0.25) is 0 Å². The molecule has 1 radical (unpaired) electrons. The second-order valence-corrected chi connectivity index (χ2v) is 24.2. The standard InChI is InChI=1S/C17H39O4Si4/c1-22(2)14-18-24(6,7)21-25(8,20-23(3,4)5)12-11-15-9-10-16-17(13-15)19-16/h15-17H,9-14H2,1-8H3. The third-order valence-corrected chi connectivity index (χ3v) is 15.7. The maximum absolute atomic E-state index is 6.73. The normalized spacial score (nSPS) is 29.4.